The van der Waals surface area contributed by atoms with Gasteiger partial charge in [-0.15, -0.1) is 23.1 Å². The lowest BCUT2D eigenvalue weighted by Gasteiger charge is -2.10. The van der Waals surface area contributed by atoms with Crippen LogP contribution in [0.1, 0.15) is 28.1 Å². The first-order chi connectivity index (χ1) is 13.2. The maximum atomic E-state index is 12.2. The third kappa shape index (κ3) is 6.23. The molecule has 2 heterocycles. The van der Waals surface area contributed by atoms with Crippen LogP contribution in [-0.2, 0) is 10.5 Å². The maximum Gasteiger partial charge on any atom is 0.261 e. The van der Waals surface area contributed by atoms with Crippen molar-refractivity contribution in [1.82, 2.24) is 5.32 Å². The molecule has 0 spiro atoms. The van der Waals surface area contributed by atoms with Crippen molar-refractivity contribution in [2.24, 2.45) is 0 Å². The third-order valence-corrected chi connectivity index (χ3v) is 6.49. The van der Waals surface area contributed by atoms with E-state index in [-0.39, 0.29) is 11.8 Å². The molecule has 0 saturated heterocycles. The molecule has 4 nitrogen and oxygen atoms in total. The van der Waals surface area contributed by atoms with Crippen molar-refractivity contribution in [2.75, 3.05) is 11.9 Å². The van der Waals surface area contributed by atoms with E-state index in [9.17, 15) is 9.59 Å². The molecule has 0 bridgehead atoms. The summed E-state index contributed by atoms with van der Waals surface area (Å²) in [5.41, 5.74) is 2.12. The second-order valence-corrected chi connectivity index (χ2v) is 8.55. The summed E-state index contributed by atoms with van der Waals surface area (Å²) in [6, 6.07) is 13.6. The molecule has 2 amide bonds. The van der Waals surface area contributed by atoms with E-state index in [0.29, 0.717) is 24.3 Å². The van der Waals surface area contributed by atoms with Gasteiger partial charge in [-0.1, -0.05) is 18.2 Å². The largest absolute Gasteiger partial charge is 0.351 e. The van der Waals surface area contributed by atoms with Crippen LogP contribution in [0.2, 0.25) is 0 Å². The maximum absolute atomic E-state index is 12.2. The Hall–Kier alpha value is -2.09. The van der Waals surface area contributed by atoms with Crippen LogP contribution in [-0.4, -0.2) is 18.4 Å². The van der Waals surface area contributed by atoms with E-state index in [1.165, 1.54) is 16.9 Å². The number of para-hydroxylation sites is 1. The minimum absolute atomic E-state index is 0.0380. The normalized spacial score (nSPS) is 10.5. The van der Waals surface area contributed by atoms with Gasteiger partial charge in [0.2, 0.25) is 5.91 Å². The molecule has 0 fully saturated rings. The van der Waals surface area contributed by atoms with Gasteiger partial charge in [-0.25, -0.2) is 0 Å². The van der Waals surface area contributed by atoms with Crippen LogP contribution in [0.3, 0.4) is 0 Å². The molecule has 7 heteroatoms. The number of amides is 2. The fourth-order valence-corrected chi connectivity index (χ4v) is 4.76. The Morgan fingerprint density at radius 1 is 1.04 bits per heavy atom. The van der Waals surface area contributed by atoms with E-state index >= 15 is 0 Å². The van der Waals surface area contributed by atoms with Crippen molar-refractivity contribution in [3.05, 3.63) is 69.0 Å². The van der Waals surface area contributed by atoms with Gasteiger partial charge in [0.15, 0.2) is 0 Å². The second kappa shape index (κ2) is 10.3. The quantitative estimate of drug-likeness (QED) is 0.370. The molecule has 0 atom stereocenters. The highest BCUT2D eigenvalue weighted by atomic mass is 32.2. The Bertz CT molecular complexity index is 861. The fraction of sp³-hybridized carbons (Fsp3) is 0.200. The lowest BCUT2D eigenvalue weighted by Crippen LogP contribution is -2.24. The van der Waals surface area contributed by atoms with Crippen molar-refractivity contribution >= 4 is 51.9 Å². The molecular weight excluding hydrogens is 396 g/mol. The van der Waals surface area contributed by atoms with Gasteiger partial charge >= 0.3 is 0 Å². The average molecular weight is 417 g/mol. The highest BCUT2D eigenvalue weighted by Gasteiger charge is 2.09. The SMILES string of the molecule is O=C(CCCNC(=O)c1cccs1)Nc1ccccc1SCc1ccsc1. The number of hydrogen-bond donors (Lipinski definition) is 2. The van der Waals surface area contributed by atoms with Gasteiger partial charge in [-0.2, -0.15) is 11.3 Å². The molecule has 3 aromatic rings. The van der Waals surface area contributed by atoms with Gasteiger partial charge in [0.05, 0.1) is 10.6 Å². The van der Waals surface area contributed by atoms with Crippen molar-refractivity contribution in [3.8, 4) is 0 Å². The predicted molar refractivity (Wildman–Crippen MR) is 115 cm³/mol. The molecule has 0 saturated carbocycles. The van der Waals surface area contributed by atoms with E-state index in [1.54, 1.807) is 29.2 Å². The summed E-state index contributed by atoms with van der Waals surface area (Å²) in [5, 5.41) is 11.9. The summed E-state index contributed by atoms with van der Waals surface area (Å²) in [6.45, 7) is 0.485. The van der Waals surface area contributed by atoms with Crippen LogP contribution in [0.4, 0.5) is 5.69 Å². The Labute approximate surface area is 171 Å². The summed E-state index contributed by atoms with van der Waals surface area (Å²) in [7, 11) is 0. The number of thiophene rings is 2. The third-order valence-electron chi connectivity index (χ3n) is 3.75. The Kier molecular flexibility index (Phi) is 7.50. The Morgan fingerprint density at radius 2 is 1.93 bits per heavy atom. The zero-order valence-electron chi connectivity index (χ0n) is 14.6. The molecule has 1 aromatic carbocycles. The molecule has 0 aliphatic carbocycles. The number of anilines is 1. The molecule has 2 aromatic heterocycles. The van der Waals surface area contributed by atoms with E-state index in [2.05, 4.69) is 27.5 Å². The number of hydrogen-bond acceptors (Lipinski definition) is 5. The van der Waals surface area contributed by atoms with Crippen LogP contribution in [0.25, 0.3) is 0 Å². The van der Waals surface area contributed by atoms with E-state index in [1.807, 2.05) is 35.7 Å². The highest BCUT2D eigenvalue weighted by molar-refractivity contribution is 7.98. The molecule has 0 aliphatic heterocycles. The topological polar surface area (TPSA) is 58.2 Å². The molecule has 27 heavy (non-hydrogen) atoms. The molecule has 140 valence electrons. The highest BCUT2D eigenvalue weighted by Crippen LogP contribution is 2.30. The van der Waals surface area contributed by atoms with E-state index < -0.39 is 0 Å². The molecule has 0 aliphatic rings. The minimum atomic E-state index is -0.0828. The second-order valence-electron chi connectivity index (χ2n) is 5.80. The molecule has 0 unspecified atom stereocenters. The summed E-state index contributed by atoms with van der Waals surface area (Å²) in [4.78, 5) is 25.8. The zero-order valence-corrected chi connectivity index (χ0v) is 17.1. The first-order valence-corrected chi connectivity index (χ1v) is 11.4. The average Bonchev–Trinajstić information content (AvgIpc) is 3.38. The summed E-state index contributed by atoms with van der Waals surface area (Å²) in [5.74, 6) is 0.759. The van der Waals surface area contributed by atoms with Gasteiger partial charge in [0, 0.05) is 23.6 Å². The number of thioether (sulfide) groups is 1. The van der Waals surface area contributed by atoms with Crippen LogP contribution in [0, 0.1) is 0 Å². The molecule has 0 radical (unpaired) electrons. The zero-order chi connectivity index (χ0) is 18.9. The standard InChI is InChI=1S/C20H20N2O2S3/c23-19(8-3-10-21-20(24)18-7-4-11-26-18)22-16-5-1-2-6-17(16)27-14-15-9-12-25-13-15/h1-2,4-7,9,11-13H,3,8,10,14H2,(H,21,24)(H,22,23). The van der Waals surface area contributed by atoms with Crippen molar-refractivity contribution in [1.29, 1.82) is 0 Å². The molecular formula is C20H20N2O2S3. The Morgan fingerprint density at radius 3 is 2.70 bits per heavy atom. The smallest absolute Gasteiger partial charge is 0.261 e. The first-order valence-electron chi connectivity index (χ1n) is 8.57. The van der Waals surface area contributed by atoms with Crippen LogP contribution >= 0.6 is 34.4 Å². The van der Waals surface area contributed by atoms with E-state index in [0.717, 1.165) is 16.3 Å². The molecule has 3 rings (SSSR count). The van der Waals surface area contributed by atoms with Crippen molar-refractivity contribution < 1.29 is 9.59 Å². The number of carbonyl (C=O) groups is 2. The first kappa shape index (κ1) is 19.7. The van der Waals surface area contributed by atoms with Crippen molar-refractivity contribution in [2.45, 2.75) is 23.5 Å². The summed E-state index contributed by atoms with van der Waals surface area (Å²) < 4.78 is 0. The summed E-state index contributed by atoms with van der Waals surface area (Å²) >= 11 is 4.81. The monoisotopic (exact) mass is 416 g/mol. The lowest BCUT2D eigenvalue weighted by atomic mass is 10.2. The van der Waals surface area contributed by atoms with Crippen molar-refractivity contribution in [3.63, 3.8) is 0 Å². The number of carbonyl (C=O) groups excluding carboxylic acids is 2. The van der Waals surface area contributed by atoms with Crippen LogP contribution in [0.15, 0.2) is 63.5 Å². The fourth-order valence-electron chi connectivity index (χ4n) is 2.39. The van der Waals surface area contributed by atoms with Gasteiger partial charge < -0.3 is 10.6 Å². The van der Waals surface area contributed by atoms with Gasteiger partial charge in [0.25, 0.3) is 5.91 Å². The minimum Gasteiger partial charge on any atom is -0.351 e. The summed E-state index contributed by atoms with van der Waals surface area (Å²) in [6.07, 6.45) is 0.974. The molecule has 2 N–H and O–H groups in total. The van der Waals surface area contributed by atoms with E-state index in [4.69, 9.17) is 0 Å². The number of nitrogens with one attached hydrogen (secondary N) is 2. The number of benzene rings is 1. The van der Waals surface area contributed by atoms with Gasteiger partial charge in [-0.05, 0) is 52.4 Å². The van der Waals surface area contributed by atoms with Crippen LogP contribution in [0.5, 0.6) is 0 Å². The number of rotatable bonds is 9. The van der Waals surface area contributed by atoms with Gasteiger partial charge in [0.1, 0.15) is 0 Å². The van der Waals surface area contributed by atoms with Crippen LogP contribution < -0.4 is 10.6 Å². The van der Waals surface area contributed by atoms with Gasteiger partial charge in [-0.3, -0.25) is 9.59 Å². The lowest BCUT2D eigenvalue weighted by molar-refractivity contribution is -0.116. The predicted octanol–water partition coefficient (Wildman–Crippen LogP) is 5.25. The Balaban J connectivity index is 1.43.